The molecule has 0 bridgehead atoms. The molecule has 1 rings (SSSR count). The van der Waals surface area contributed by atoms with Crippen LogP contribution in [0.25, 0.3) is 0 Å². The number of nitrogens with one attached hydrogen (secondary N) is 2. The molecule has 6 heteroatoms. The molecule has 1 aromatic rings. The van der Waals surface area contributed by atoms with E-state index in [9.17, 15) is 8.42 Å². The van der Waals surface area contributed by atoms with Crippen LogP contribution in [0.15, 0.2) is 11.0 Å². The van der Waals surface area contributed by atoms with Gasteiger partial charge in [0, 0.05) is 22.3 Å². The predicted molar refractivity (Wildman–Crippen MR) is 67.5 cm³/mol. The summed E-state index contributed by atoms with van der Waals surface area (Å²) in [7, 11) is -1.55. The number of likely N-dealkylation sites (N-methyl/N-ethyl adjacent to an activating group) is 1. The number of hydrogen-bond donors (Lipinski definition) is 2. The second kappa shape index (κ2) is 5.27. The van der Waals surface area contributed by atoms with Gasteiger partial charge in [-0.2, -0.15) is 0 Å². The third-order valence-corrected chi connectivity index (χ3v) is 5.00. The molecule has 0 fully saturated rings. The largest absolute Gasteiger partial charge is 0.316 e. The van der Waals surface area contributed by atoms with E-state index in [0.717, 1.165) is 9.75 Å². The monoisotopic (exact) mass is 262 g/mol. The Bertz CT molecular complexity index is 451. The van der Waals surface area contributed by atoms with Crippen molar-refractivity contribution in [2.24, 2.45) is 0 Å². The van der Waals surface area contributed by atoms with Crippen molar-refractivity contribution in [3.05, 3.63) is 15.8 Å². The summed E-state index contributed by atoms with van der Waals surface area (Å²) >= 11 is 1.50. The van der Waals surface area contributed by atoms with E-state index >= 15 is 0 Å². The van der Waals surface area contributed by atoms with Crippen molar-refractivity contribution >= 4 is 21.4 Å². The summed E-state index contributed by atoms with van der Waals surface area (Å²) in [5.41, 5.74) is 0. The van der Waals surface area contributed by atoms with Gasteiger partial charge in [0.25, 0.3) is 0 Å². The summed E-state index contributed by atoms with van der Waals surface area (Å²) in [5, 5.41) is 2.98. The quantitative estimate of drug-likeness (QED) is 0.839. The van der Waals surface area contributed by atoms with Gasteiger partial charge in [-0.1, -0.05) is 0 Å². The first-order valence-corrected chi connectivity index (χ1v) is 7.40. The molecule has 1 heterocycles. The van der Waals surface area contributed by atoms with Crippen molar-refractivity contribution in [3.8, 4) is 0 Å². The number of aryl methyl sites for hydroxylation is 2. The third kappa shape index (κ3) is 3.28. The van der Waals surface area contributed by atoms with Crippen LogP contribution in [0.4, 0.5) is 0 Å². The fourth-order valence-corrected chi connectivity index (χ4v) is 3.97. The Hall–Kier alpha value is -0.430. The lowest BCUT2D eigenvalue weighted by atomic mass is 10.4. The summed E-state index contributed by atoms with van der Waals surface area (Å²) in [5.74, 6) is 0. The number of sulfonamides is 1. The van der Waals surface area contributed by atoms with Gasteiger partial charge in [0.05, 0.1) is 4.90 Å². The second-order valence-electron chi connectivity index (χ2n) is 3.82. The molecule has 16 heavy (non-hydrogen) atoms. The first-order chi connectivity index (χ1) is 7.36. The lowest BCUT2D eigenvalue weighted by Gasteiger charge is -2.11. The number of thiophene rings is 1. The van der Waals surface area contributed by atoms with Gasteiger partial charge < -0.3 is 5.32 Å². The molecule has 0 saturated heterocycles. The zero-order valence-corrected chi connectivity index (χ0v) is 11.6. The van der Waals surface area contributed by atoms with Gasteiger partial charge in [0.2, 0.25) is 10.0 Å². The summed E-state index contributed by atoms with van der Waals surface area (Å²) < 4.78 is 26.5. The zero-order valence-electron chi connectivity index (χ0n) is 9.99. The molecule has 0 spiro atoms. The highest BCUT2D eigenvalue weighted by Gasteiger charge is 2.19. The molecule has 1 atom stereocenters. The topological polar surface area (TPSA) is 58.2 Å². The minimum absolute atomic E-state index is 0.120. The van der Waals surface area contributed by atoms with Crippen LogP contribution < -0.4 is 10.0 Å². The molecule has 92 valence electrons. The Labute approximate surface area is 101 Å². The van der Waals surface area contributed by atoms with E-state index in [2.05, 4.69) is 10.0 Å². The smallest absolute Gasteiger partial charge is 0.241 e. The lowest BCUT2D eigenvalue weighted by Crippen LogP contribution is -2.37. The van der Waals surface area contributed by atoms with Gasteiger partial charge in [-0.3, -0.25) is 0 Å². The Morgan fingerprint density at radius 2 is 2.06 bits per heavy atom. The van der Waals surface area contributed by atoms with Gasteiger partial charge in [0.1, 0.15) is 0 Å². The van der Waals surface area contributed by atoms with Gasteiger partial charge >= 0.3 is 0 Å². The lowest BCUT2D eigenvalue weighted by molar-refractivity contribution is 0.554. The Morgan fingerprint density at radius 1 is 1.44 bits per heavy atom. The third-order valence-electron chi connectivity index (χ3n) is 2.36. The number of rotatable bonds is 5. The highest BCUT2D eigenvalue weighted by molar-refractivity contribution is 7.89. The maximum atomic E-state index is 12.0. The Kier molecular flexibility index (Phi) is 4.49. The molecule has 0 aliphatic heterocycles. The Balaban J connectivity index is 2.82. The molecular formula is C10H18N2O2S2. The van der Waals surface area contributed by atoms with Gasteiger partial charge in [-0.25, -0.2) is 13.1 Å². The van der Waals surface area contributed by atoms with Crippen LogP contribution in [0.2, 0.25) is 0 Å². The standard InChI is InChI=1S/C10H18N2O2S2/c1-7(11-4)6-12-16(13,14)10-5-8(2)15-9(10)3/h5,7,11-12H,6H2,1-4H3. The van der Waals surface area contributed by atoms with Crippen LogP contribution in [0.3, 0.4) is 0 Å². The van der Waals surface area contributed by atoms with E-state index in [0.29, 0.717) is 11.4 Å². The van der Waals surface area contributed by atoms with Crippen LogP contribution in [0.1, 0.15) is 16.7 Å². The Morgan fingerprint density at radius 3 is 2.50 bits per heavy atom. The van der Waals surface area contributed by atoms with Crippen molar-refractivity contribution in [1.82, 2.24) is 10.0 Å². The summed E-state index contributed by atoms with van der Waals surface area (Å²) in [6.45, 7) is 6.06. The van der Waals surface area contributed by atoms with E-state index in [1.807, 2.05) is 20.8 Å². The van der Waals surface area contributed by atoms with Crippen LogP contribution >= 0.6 is 11.3 Å². The van der Waals surface area contributed by atoms with Gasteiger partial charge in [-0.15, -0.1) is 11.3 Å². The fraction of sp³-hybridized carbons (Fsp3) is 0.600. The van der Waals surface area contributed by atoms with Crippen LogP contribution in [-0.2, 0) is 10.0 Å². The van der Waals surface area contributed by atoms with Crippen LogP contribution in [-0.4, -0.2) is 28.1 Å². The molecule has 4 nitrogen and oxygen atoms in total. The van der Waals surface area contributed by atoms with E-state index in [1.54, 1.807) is 13.1 Å². The molecule has 1 unspecified atom stereocenters. The molecular weight excluding hydrogens is 244 g/mol. The highest BCUT2D eigenvalue weighted by atomic mass is 32.2. The maximum Gasteiger partial charge on any atom is 0.241 e. The van der Waals surface area contributed by atoms with E-state index < -0.39 is 10.0 Å². The molecule has 0 radical (unpaired) electrons. The SMILES string of the molecule is CNC(C)CNS(=O)(=O)c1cc(C)sc1C. The second-order valence-corrected chi connectivity index (χ2v) is 7.01. The molecule has 0 aliphatic carbocycles. The molecule has 0 amide bonds. The summed E-state index contributed by atoms with van der Waals surface area (Å²) in [6.07, 6.45) is 0. The molecule has 0 aromatic carbocycles. The van der Waals surface area contributed by atoms with Crippen molar-refractivity contribution in [2.75, 3.05) is 13.6 Å². The van der Waals surface area contributed by atoms with Gasteiger partial charge in [-0.05, 0) is 33.9 Å². The number of hydrogen-bond acceptors (Lipinski definition) is 4. The fourth-order valence-electron chi connectivity index (χ4n) is 1.29. The average Bonchev–Trinajstić information content (AvgIpc) is 2.55. The van der Waals surface area contributed by atoms with E-state index in [1.165, 1.54) is 11.3 Å². The first kappa shape index (κ1) is 13.6. The van der Waals surface area contributed by atoms with Crippen molar-refractivity contribution in [3.63, 3.8) is 0 Å². The predicted octanol–water partition coefficient (Wildman–Crippen LogP) is 1.25. The molecule has 2 N–H and O–H groups in total. The summed E-state index contributed by atoms with van der Waals surface area (Å²) in [6, 6.07) is 1.83. The van der Waals surface area contributed by atoms with Crippen LogP contribution in [0.5, 0.6) is 0 Å². The van der Waals surface area contributed by atoms with Crippen molar-refractivity contribution in [1.29, 1.82) is 0 Å². The molecule has 0 saturated carbocycles. The summed E-state index contributed by atoms with van der Waals surface area (Å²) in [4.78, 5) is 2.25. The van der Waals surface area contributed by atoms with E-state index in [4.69, 9.17) is 0 Å². The van der Waals surface area contributed by atoms with Gasteiger partial charge in [0.15, 0.2) is 0 Å². The zero-order chi connectivity index (χ0) is 12.3. The van der Waals surface area contributed by atoms with Crippen LogP contribution in [0, 0.1) is 13.8 Å². The van der Waals surface area contributed by atoms with Crippen molar-refractivity contribution < 1.29 is 8.42 Å². The molecule has 0 aliphatic rings. The average molecular weight is 262 g/mol. The highest BCUT2D eigenvalue weighted by Crippen LogP contribution is 2.24. The normalized spacial score (nSPS) is 14.0. The first-order valence-electron chi connectivity index (χ1n) is 5.11. The minimum Gasteiger partial charge on any atom is -0.316 e. The molecule has 1 aromatic heterocycles. The minimum atomic E-state index is -3.35. The van der Waals surface area contributed by atoms with E-state index in [-0.39, 0.29) is 6.04 Å². The van der Waals surface area contributed by atoms with Crippen molar-refractivity contribution in [2.45, 2.75) is 31.7 Å². The maximum absolute atomic E-state index is 12.0.